The summed E-state index contributed by atoms with van der Waals surface area (Å²) in [7, 11) is -3.72. The number of sulfonamides is 1. The van der Waals surface area contributed by atoms with E-state index in [-0.39, 0.29) is 19.1 Å². The third-order valence-corrected chi connectivity index (χ3v) is 8.83. The van der Waals surface area contributed by atoms with Gasteiger partial charge in [0.1, 0.15) is 5.70 Å². The summed E-state index contributed by atoms with van der Waals surface area (Å²) in [5.74, 6) is -0.903. The van der Waals surface area contributed by atoms with Crippen LogP contribution in [0.5, 0.6) is 0 Å². The molecule has 10 heteroatoms. The topological polar surface area (TPSA) is 132 Å². The minimum Gasteiger partial charge on any atom is -0.481 e. The minimum absolute atomic E-state index is 0.0596. The summed E-state index contributed by atoms with van der Waals surface area (Å²) in [4.78, 5) is 12.6. The Kier molecular flexibility index (Phi) is 9.45. The van der Waals surface area contributed by atoms with Crippen LogP contribution in [0.3, 0.4) is 0 Å². The van der Waals surface area contributed by atoms with Crippen LogP contribution in [0, 0.1) is 23.8 Å². The molecule has 0 aromatic heterocycles. The molecule has 2 aromatic rings. The highest BCUT2D eigenvalue weighted by Gasteiger charge is 2.39. The summed E-state index contributed by atoms with van der Waals surface area (Å²) in [6.45, 7) is 10.2. The number of ether oxygens (including phenoxy) is 1. The lowest BCUT2D eigenvalue weighted by Gasteiger charge is -2.31. The average Bonchev–Trinajstić information content (AvgIpc) is 2.96. The number of nitrogens with one attached hydrogen (secondary N) is 2. The highest BCUT2D eigenvalue weighted by molar-refractivity contribution is 7.89. The molecule has 0 spiro atoms. The first-order valence-corrected chi connectivity index (χ1v) is 14.2. The summed E-state index contributed by atoms with van der Waals surface area (Å²) < 4.78 is 34.9. The van der Waals surface area contributed by atoms with E-state index >= 15 is 0 Å². The molecule has 3 rings (SSSR count). The van der Waals surface area contributed by atoms with E-state index < -0.39 is 27.5 Å². The van der Waals surface area contributed by atoms with Gasteiger partial charge in [0.2, 0.25) is 10.0 Å². The number of rotatable bonds is 11. The van der Waals surface area contributed by atoms with Crippen molar-refractivity contribution in [2.75, 3.05) is 19.7 Å². The van der Waals surface area contributed by atoms with Crippen molar-refractivity contribution < 1.29 is 23.1 Å². The summed E-state index contributed by atoms with van der Waals surface area (Å²) in [6.07, 6.45) is 1.38. The molecule has 38 heavy (non-hydrogen) atoms. The summed E-state index contributed by atoms with van der Waals surface area (Å²) >= 11 is 0. The van der Waals surface area contributed by atoms with Gasteiger partial charge < -0.3 is 15.2 Å². The minimum atomic E-state index is -3.72. The third-order valence-electron chi connectivity index (χ3n) is 6.92. The number of carbonyl (C=O) groups is 1. The van der Waals surface area contributed by atoms with Gasteiger partial charge in [0.05, 0.1) is 23.0 Å². The lowest BCUT2D eigenvalue weighted by atomic mass is 9.81. The highest BCUT2D eigenvalue weighted by Crippen LogP contribution is 2.38. The van der Waals surface area contributed by atoms with Gasteiger partial charge in [0.15, 0.2) is 0 Å². The number of hydrogen-bond acceptors (Lipinski definition) is 7. The first kappa shape index (κ1) is 29.5. The van der Waals surface area contributed by atoms with Crippen LogP contribution < -0.4 is 5.32 Å². The maximum atomic E-state index is 13.6. The molecule has 2 aromatic carbocycles. The second kappa shape index (κ2) is 12.2. The molecular formula is C28H38N4O5S. The number of fused-ring (bicyclic) bond motifs is 1. The van der Waals surface area contributed by atoms with Gasteiger partial charge in [0.25, 0.3) is 0 Å². The fraction of sp³-hybridized carbons (Fsp3) is 0.464. The van der Waals surface area contributed by atoms with Crippen molar-refractivity contribution in [3.05, 3.63) is 76.6 Å². The first-order chi connectivity index (χ1) is 17.9. The average molecular weight is 543 g/mol. The van der Waals surface area contributed by atoms with Crippen LogP contribution in [0.2, 0.25) is 0 Å². The molecule has 0 unspecified atom stereocenters. The Bertz CT molecular complexity index is 1310. The van der Waals surface area contributed by atoms with Crippen molar-refractivity contribution in [3.63, 3.8) is 0 Å². The van der Waals surface area contributed by atoms with E-state index in [4.69, 9.17) is 10.3 Å². The van der Waals surface area contributed by atoms with E-state index in [0.29, 0.717) is 35.7 Å². The number of carboxylic acids is 1. The monoisotopic (exact) mass is 542 g/mol. The van der Waals surface area contributed by atoms with Crippen molar-refractivity contribution in [2.24, 2.45) is 16.4 Å². The van der Waals surface area contributed by atoms with Crippen LogP contribution in [0.25, 0.3) is 0 Å². The Labute approximate surface area is 225 Å². The zero-order chi connectivity index (χ0) is 28.1. The number of aliphatic carboxylic acids is 1. The molecule has 0 saturated carbocycles. The van der Waals surface area contributed by atoms with Gasteiger partial charge in [-0.1, -0.05) is 43.3 Å². The maximum Gasteiger partial charge on any atom is 0.312 e. The number of benzene rings is 2. The Morgan fingerprint density at radius 2 is 2.03 bits per heavy atom. The number of carboxylic acid groups (broad SMARTS) is 1. The smallest absolute Gasteiger partial charge is 0.312 e. The number of aryl methyl sites for hydroxylation is 1. The zero-order valence-corrected chi connectivity index (χ0v) is 23.5. The molecule has 0 amide bonds. The van der Waals surface area contributed by atoms with E-state index in [1.54, 1.807) is 32.2 Å². The van der Waals surface area contributed by atoms with Crippen molar-refractivity contribution >= 4 is 16.0 Å². The van der Waals surface area contributed by atoms with Gasteiger partial charge in [-0.15, -0.1) is 0 Å². The van der Waals surface area contributed by atoms with Gasteiger partial charge in [-0.2, -0.15) is 9.42 Å². The molecule has 3 N–H and O–H groups in total. The Morgan fingerprint density at radius 3 is 2.68 bits per heavy atom. The summed E-state index contributed by atoms with van der Waals surface area (Å²) in [5.41, 5.74) is 9.56. The molecule has 1 heterocycles. The predicted octanol–water partition coefficient (Wildman–Crippen LogP) is 5.03. The van der Waals surface area contributed by atoms with E-state index in [1.165, 1.54) is 4.31 Å². The van der Waals surface area contributed by atoms with Crippen LogP contribution in [-0.4, -0.2) is 43.5 Å². The molecule has 9 nitrogen and oxygen atoms in total. The largest absolute Gasteiger partial charge is 0.481 e. The van der Waals surface area contributed by atoms with Gasteiger partial charge in [-0.05, 0) is 68.4 Å². The molecule has 1 aliphatic heterocycles. The standard InChI is InChI=1S/C28H38N4O5S/c1-6-30-15-24(31-29)18-37-26(28(4,5)27(33)34)22-12-11-20(3)23(14-22)17-32-16-19(2)13-21-9-7-8-10-25(21)38(32,35)36/h7-12,14-15,19,26,29-30H,6,13,16-18H2,1-5H3,(H,33,34)/b24-15-,31-29?/t19-,26+/m1/s1. The molecule has 0 aliphatic carbocycles. The van der Waals surface area contributed by atoms with E-state index in [0.717, 1.165) is 16.7 Å². The molecule has 0 fully saturated rings. The summed E-state index contributed by atoms with van der Waals surface area (Å²) in [6, 6.07) is 12.7. The van der Waals surface area contributed by atoms with Gasteiger partial charge in [-0.3, -0.25) is 4.79 Å². The highest BCUT2D eigenvalue weighted by atomic mass is 32.2. The lowest BCUT2D eigenvalue weighted by molar-refractivity contribution is -0.156. The zero-order valence-electron chi connectivity index (χ0n) is 22.7. The lowest BCUT2D eigenvalue weighted by Crippen LogP contribution is -2.34. The number of nitrogens with zero attached hydrogens (tertiary/aromatic N) is 2. The second-order valence-electron chi connectivity index (χ2n) is 10.4. The molecule has 1 aliphatic rings. The van der Waals surface area contributed by atoms with Crippen LogP contribution in [0.1, 0.15) is 56.1 Å². The molecule has 206 valence electrons. The van der Waals surface area contributed by atoms with Gasteiger partial charge in [-0.25, -0.2) is 13.9 Å². The van der Waals surface area contributed by atoms with E-state index in [2.05, 4.69) is 10.4 Å². The van der Waals surface area contributed by atoms with Crippen LogP contribution in [0.4, 0.5) is 0 Å². The van der Waals surface area contributed by atoms with Gasteiger partial charge >= 0.3 is 5.97 Å². The fourth-order valence-corrected chi connectivity index (χ4v) is 6.41. The Morgan fingerprint density at radius 1 is 1.32 bits per heavy atom. The second-order valence-corrected chi connectivity index (χ2v) is 12.3. The van der Waals surface area contributed by atoms with E-state index in [1.807, 2.05) is 51.1 Å². The Hall–Kier alpha value is -3.08. The molecule has 0 saturated heterocycles. The van der Waals surface area contributed by atoms with Crippen LogP contribution in [-0.2, 0) is 32.5 Å². The predicted molar refractivity (Wildman–Crippen MR) is 145 cm³/mol. The van der Waals surface area contributed by atoms with Crippen molar-refractivity contribution in [3.8, 4) is 0 Å². The molecular weight excluding hydrogens is 504 g/mol. The SMILES string of the molecule is CCN/C=C(/CO[C@@H](c1ccc(C)c(CN2C[C@H](C)Cc3ccccc3S2(=O)=O)c1)C(C)(C)C(=O)O)N=N. The van der Waals surface area contributed by atoms with Gasteiger partial charge in [0, 0.05) is 25.8 Å². The van der Waals surface area contributed by atoms with Crippen molar-refractivity contribution in [1.82, 2.24) is 9.62 Å². The molecule has 0 bridgehead atoms. The maximum absolute atomic E-state index is 13.6. The third kappa shape index (κ3) is 6.48. The van der Waals surface area contributed by atoms with Crippen LogP contribution >= 0.6 is 0 Å². The van der Waals surface area contributed by atoms with E-state index in [9.17, 15) is 18.3 Å². The molecule has 2 atom stereocenters. The van der Waals surface area contributed by atoms with Crippen molar-refractivity contribution in [1.29, 1.82) is 5.53 Å². The molecule has 0 radical (unpaired) electrons. The quantitative estimate of drug-likeness (QED) is 0.341. The summed E-state index contributed by atoms with van der Waals surface area (Å²) in [5, 5.41) is 16.4. The van der Waals surface area contributed by atoms with Crippen LogP contribution in [0.15, 0.2) is 64.4 Å². The van der Waals surface area contributed by atoms with Crippen molar-refractivity contribution in [2.45, 2.75) is 58.6 Å². The fourth-order valence-electron chi connectivity index (χ4n) is 4.64. The Balaban J connectivity index is 1.99. The normalized spacial score (nSPS) is 18.8. The number of hydrogen-bond donors (Lipinski definition) is 3. The first-order valence-electron chi connectivity index (χ1n) is 12.7.